The third-order valence-electron chi connectivity index (χ3n) is 3.25. The molecule has 0 saturated carbocycles. The maximum atomic E-state index is 11.9. The first-order valence-electron chi connectivity index (χ1n) is 7.20. The molecule has 1 aliphatic rings. The average Bonchev–Trinajstić information content (AvgIpc) is 3.11. The van der Waals surface area contributed by atoms with Gasteiger partial charge in [-0.1, -0.05) is 23.1 Å². The van der Waals surface area contributed by atoms with Crippen LogP contribution in [0.3, 0.4) is 0 Å². The van der Waals surface area contributed by atoms with Gasteiger partial charge in [-0.3, -0.25) is 14.4 Å². The maximum absolute atomic E-state index is 11.9. The van der Waals surface area contributed by atoms with Crippen molar-refractivity contribution in [3.63, 3.8) is 0 Å². The molecule has 3 amide bonds. The molecule has 0 unspecified atom stereocenters. The number of aromatic nitrogens is 2. The Kier molecular flexibility index (Phi) is 6.34. The van der Waals surface area contributed by atoms with E-state index in [1.807, 2.05) is 0 Å². The van der Waals surface area contributed by atoms with Crippen LogP contribution in [0, 0.1) is 0 Å². The van der Waals surface area contributed by atoms with Crippen molar-refractivity contribution in [2.45, 2.75) is 23.6 Å². The Balaban J connectivity index is 1.74. The molecule has 0 bridgehead atoms. The molecule has 0 spiro atoms. The van der Waals surface area contributed by atoms with E-state index in [-0.39, 0.29) is 29.9 Å². The molecule has 2 rings (SSSR count). The summed E-state index contributed by atoms with van der Waals surface area (Å²) in [6.07, 6.45) is 1.68. The number of amides is 3. The lowest BCUT2D eigenvalue weighted by molar-refractivity contribution is -0.128. The largest absolute Gasteiger partial charge is 0.348 e. The lowest BCUT2D eigenvalue weighted by atomic mass is 10.3. The fourth-order valence-electron chi connectivity index (χ4n) is 1.93. The van der Waals surface area contributed by atoms with Gasteiger partial charge in [0.15, 0.2) is 4.34 Å². The molecule has 8 nitrogen and oxygen atoms in total. The third-order valence-corrected chi connectivity index (χ3v) is 5.21. The molecule has 1 N–H and O–H groups in total. The number of rotatable bonds is 7. The van der Waals surface area contributed by atoms with E-state index in [9.17, 15) is 14.4 Å². The van der Waals surface area contributed by atoms with Crippen molar-refractivity contribution in [2.24, 2.45) is 0 Å². The number of anilines is 1. The Hall–Kier alpha value is -1.68. The van der Waals surface area contributed by atoms with Gasteiger partial charge in [0.05, 0.1) is 5.75 Å². The Morgan fingerprint density at radius 3 is 2.83 bits per heavy atom. The number of hydrogen-bond donors (Lipinski definition) is 1. The van der Waals surface area contributed by atoms with Crippen LogP contribution in [0.5, 0.6) is 0 Å². The van der Waals surface area contributed by atoms with E-state index in [1.165, 1.54) is 28.0 Å². The van der Waals surface area contributed by atoms with Crippen LogP contribution in [0.2, 0.25) is 0 Å². The molecule has 1 fully saturated rings. The zero-order chi connectivity index (χ0) is 16.8. The summed E-state index contributed by atoms with van der Waals surface area (Å²) in [4.78, 5) is 38.0. The highest BCUT2D eigenvalue weighted by Gasteiger charge is 2.20. The molecule has 126 valence electrons. The highest BCUT2D eigenvalue weighted by atomic mass is 32.2. The number of nitrogens with one attached hydrogen (secondary N) is 1. The molecule has 23 heavy (non-hydrogen) atoms. The summed E-state index contributed by atoms with van der Waals surface area (Å²) in [6, 6.07) is 0. The van der Waals surface area contributed by atoms with Crippen LogP contribution in [0.4, 0.5) is 5.13 Å². The fraction of sp³-hybridized carbons (Fsp3) is 0.615. The van der Waals surface area contributed by atoms with Crippen LogP contribution in [-0.2, 0) is 14.4 Å². The zero-order valence-electron chi connectivity index (χ0n) is 13.1. The number of likely N-dealkylation sites (tertiary alicyclic amines) is 1. The predicted molar refractivity (Wildman–Crippen MR) is 88.4 cm³/mol. The minimum Gasteiger partial charge on any atom is -0.348 e. The van der Waals surface area contributed by atoms with Crippen LogP contribution in [0.1, 0.15) is 19.3 Å². The van der Waals surface area contributed by atoms with Gasteiger partial charge < -0.3 is 15.1 Å². The standard InChI is InChI=1S/C13H19N5O3S2/c1-17(2)11(21)8-22-13-16-15-12(23-13)14-9(19)5-7-18-6-3-4-10(18)20/h3-8H2,1-2H3,(H,14,15,19). The summed E-state index contributed by atoms with van der Waals surface area (Å²) in [5.74, 6) is 0.193. The van der Waals surface area contributed by atoms with Gasteiger partial charge in [-0.25, -0.2) is 0 Å². The highest BCUT2D eigenvalue weighted by molar-refractivity contribution is 8.01. The van der Waals surface area contributed by atoms with Gasteiger partial charge in [0, 0.05) is 40.0 Å². The van der Waals surface area contributed by atoms with Gasteiger partial charge in [0.1, 0.15) is 0 Å². The van der Waals surface area contributed by atoms with E-state index in [0.29, 0.717) is 22.4 Å². The maximum Gasteiger partial charge on any atom is 0.232 e. The summed E-state index contributed by atoms with van der Waals surface area (Å²) in [5, 5.41) is 10.9. The first kappa shape index (κ1) is 17.7. The smallest absolute Gasteiger partial charge is 0.232 e. The van der Waals surface area contributed by atoms with E-state index in [4.69, 9.17) is 0 Å². The van der Waals surface area contributed by atoms with Gasteiger partial charge in [0.2, 0.25) is 22.9 Å². The van der Waals surface area contributed by atoms with E-state index < -0.39 is 0 Å². The first-order valence-corrected chi connectivity index (χ1v) is 9.00. The molecule has 0 radical (unpaired) electrons. The van der Waals surface area contributed by atoms with Crippen LogP contribution in [-0.4, -0.2) is 70.7 Å². The molecule has 1 aromatic heterocycles. The molecular formula is C13H19N5O3S2. The van der Waals surface area contributed by atoms with Crippen molar-refractivity contribution in [1.82, 2.24) is 20.0 Å². The van der Waals surface area contributed by atoms with Crippen molar-refractivity contribution in [2.75, 3.05) is 38.3 Å². The summed E-state index contributed by atoms with van der Waals surface area (Å²) in [6.45, 7) is 1.16. The molecule has 0 atom stereocenters. The minimum atomic E-state index is -0.193. The minimum absolute atomic E-state index is 0.00827. The van der Waals surface area contributed by atoms with Crippen molar-refractivity contribution in [3.8, 4) is 0 Å². The molecule has 1 aliphatic heterocycles. The van der Waals surface area contributed by atoms with Crippen molar-refractivity contribution in [1.29, 1.82) is 0 Å². The molecule has 1 aromatic rings. The monoisotopic (exact) mass is 357 g/mol. The zero-order valence-corrected chi connectivity index (χ0v) is 14.7. The fourth-order valence-corrected chi connectivity index (χ4v) is 3.68. The van der Waals surface area contributed by atoms with Crippen LogP contribution in [0.25, 0.3) is 0 Å². The van der Waals surface area contributed by atoms with Gasteiger partial charge >= 0.3 is 0 Å². The van der Waals surface area contributed by atoms with Gasteiger partial charge in [0.25, 0.3) is 0 Å². The molecular weight excluding hydrogens is 338 g/mol. The SMILES string of the molecule is CN(C)C(=O)CSc1nnc(NC(=O)CCN2CCCC2=O)s1. The van der Waals surface area contributed by atoms with Crippen molar-refractivity contribution < 1.29 is 14.4 Å². The molecule has 0 aromatic carbocycles. The Bertz CT molecular complexity index is 590. The second-order valence-corrected chi connectivity index (χ2v) is 7.43. The van der Waals surface area contributed by atoms with Gasteiger partial charge in [-0.15, -0.1) is 10.2 Å². The van der Waals surface area contributed by atoms with E-state index in [2.05, 4.69) is 15.5 Å². The van der Waals surface area contributed by atoms with Crippen molar-refractivity contribution in [3.05, 3.63) is 0 Å². The van der Waals surface area contributed by atoms with Crippen LogP contribution in [0.15, 0.2) is 4.34 Å². The first-order chi connectivity index (χ1) is 11.0. The normalized spacial score (nSPS) is 14.2. The third kappa shape index (κ3) is 5.47. The average molecular weight is 357 g/mol. The van der Waals surface area contributed by atoms with Gasteiger partial charge in [-0.2, -0.15) is 0 Å². The number of thioether (sulfide) groups is 1. The Labute approximate surface area is 142 Å². The van der Waals surface area contributed by atoms with E-state index in [0.717, 1.165) is 13.0 Å². The van der Waals surface area contributed by atoms with Crippen LogP contribution < -0.4 is 5.32 Å². The lowest BCUT2D eigenvalue weighted by Crippen LogP contribution is -2.28. The number of nitrogens with zero attached hydrogens (tertiary/aromatic N) is 4. The quantitative estimate of drug-likeness (QED) is 0.569. The predicted octanol–water partition coefficient (Wildman–Crippen LogP) is 0.669. The summed E-state index contributed by atoms with van der Waals surface area (Å²) >= 11 is 2.52. The van der Waals surface area contributed by atoms with Crippen molar-refractivity contribution >= 4 is 46.0 Å². The van der Waals surface area contributed by atoms with E-state index >= 15 is 0 Å². The lowest BCUT2D eigenvalue weighted by Gasteiger charge is -2.14. The molecule has 1 saturated heterocycles. The Morgan fingerprint density at radius 1 is 1.39 bits per heavy atom. The molecule has 0 aliphatic carbocycles. The number of carbonyl (C=O) groups is 3. The summed E-state index contributed by atoms with van der Waals surface area (Å²) in [5.41, 5.74) is 0. The summed E-state index contributed by atoms with van der Waals surface area (Å²) in [7, 11) is 3.39. The topological polar surface area (TPSA) is 95.5 Å². The summed E-state index contributed by atoms with van der Waals surface area (Å²) < 4.78 is 0.630. The molecule has 10 heteroatoms. The second kappa shape index (κ2) is 8.25. The number of carbonyl (C=O) groups excluding carboxylic acids is 3. The molecule has 2 heterocycles. The highest BCUT2D eigenvalue weighted by Crippen LogP contribution is 2.25. The van der Waals surface area contributed by atoms with Crippen LogP contribution >= 0.6 is 23.1 Å². The van der Waals surface area contributed by atoms with E-state index in [1.54, 1.807) is 19.0 Å². The number of hydrogen-bond acceptors (Lipinski definition) is 7. The second-order valence-electron chi connectivity index (χ2n) is 5.23. The van der Waals surface area contributed by atoms with Gasteiger partial charge in [-0.05, 0) is 6.42 Å². The Morgan fingerprint density at radius 2 is 2.17 bits per heavy atom.